The van der Waals surface area contributed by atoms with Crippen molar-refractivity contribution in [2.45, 2.75) is 29.9 Å². The Labute approximate surface area is 91.7 Å². The van der Waals surface area contributed by atoms with Crippen molar-refractivity contribution < 1.29 is 0 Å². The second-order valence-corrected chi connectivity index (χ2v) is 5.98. The van der Waals surface area contributed by atoms with Gasteiger partial charge in [-0.25, -0.2) is 0 Å². The van der Waals surface area contributed by atoms with E-state index in [1.54, 1.807) is 0 Å². The zero-order chi connectivity index (χ0) is 10.6. The van der Waals surface area contributed by atoms with Gasteiger partial charge in [-0.1, -0.05) is 23.1 Å². The number of nitrogens with zero attached hydrogens (tertiary/aromatic N) is 3. The molecule has 76 valence electrons. The maximum absolute atomic E-state index is 8.84. The van der Waals surface area contributed by atoms with Crippen molar-refractivity contribution in [3.63, 3.8) is 0 Å². The molecule has 0 aliphatic rings. The molecule has 0 atom stereocenters. The summed E-state index contributed by atoms with van der Waals surface area (Å²) in [7, 11) is 0. The van der Waals surface area contributed by atoms with Gasteiger partial charge in [0.05, 0.1) is 6.07 Å². The number of hydrogen-bond donors (Lipinski definition) is 1. The number of nitriles is 1. The number of hydrogen-bond acceptors (Lipinski definition) is 6. The lowest BCUT2D eigenvalue weighted by Gasteiger charge is -2.10. The average Bonchev–Trinajstić information content (AvgIpc) is 2.53. The van der Waals surface area contributed by atoms with E-state index in [9.17, 15) is 0 Å². The van der Waals surface area contributed by atoms with Crippen LogP contribution < -0.4 is 5.32 Å². The number of aromatic nitrogens is 2. The predicted octanol–water partition coefficient (Wildman–Crippen LogP) is 2.36. The molecule has 0 radical (unpaired) electrons. The summed E-state index contributed by atoms with van der Waals surface area (Å²) in [5, 5.41) is 20.7. The van der Waals surface area contributed by atoms with E-state index in [2.05, 4.69) is 21.6 Å². The van der Waals surface area contributed by atoms with Crippen LogP contribution in [0.5, 0.6) is 0 Å². The molecule has 0 aliphatic carbocycles. The highest BCUT2D eigenvalue weighted by molar-refractivity contribution is 8.02. The van der Waals surface area contributed by atoms with Crippen LogP contribution in [0, 0.1) is 11.3 Å². The van der Waals surface area contributed by atoms with Crippen LogP contribution in [-0.2, 0) is 0 Å². The standard InChI is InChI=1S/C8H12N4S2/c1-4-10-6-11-12-7(13-6)14-8(2,3)5-9/h4H2,1-3H3,(H,10,11). The average molecular weight is 228 g/mol. The number of anilines is 1. The number of thioether (sulfide) groups is 1. The lowest BCUT2D eigenvalue weighted by molar-refractivity contribution is 0.904. The van der Waals surface area contributed by atoms with Gasteiger partial charge in [0.15, 0.2) is 4.34 Å². The molecule has 14 heavy (non-hydrogen) atoms. The first kappa shape index (κ1) is 11.3. The first-order chi connectivity index (χ1) is 6.57. The molecule has 0 aromatic carbocycles. The summed E-state index contributed by atoms with van der Waals surface area (Å²) in [6, 6.07) is 2.21. The Morgan fingerprint density at radius 1 is 1.57 bits per heavy atom. The van der Waals surface area contributed by atoms with Crippen molar-refractivity contribution in [2.24, 2.45) is 0 Å². The van der Waals surface area contributed by atoms with Crippen LogP contribution >= 0.6 is 23.1 Å². The highest BCUT2D eigenvalue weighted by Gasteiger charge is 2.20. The van der Waals surface area contributed by atoms with Gasteiger partial charge in [0, 0.05) is 6.54 Å². The second kappa shape index (κ2) is 4.62. The lowest BCUT2D eigenvalue weighted by Crippen LogP contribution is -2.09. The van der Waals surface area contributed by atoms with Crippen molar-refractivity contribution in [2.75, 3.05) is 11.9 Å². The van der Waals surface area contributed by atoms with Crippen molar-refractivity contribution in [1.29, 1.82) is 5.26 Å². The third-order valence-corrected chi connectivity index (χ3v) is 3.38. The molecule has 1 rings (SSSR count). The van der Waals surface area contributed by atoms with Crippen LogP contribution in [0.25, 0.3) is 0 Å². The Balaban J connectivity index is 2.65. The summed E-state index contributed by atoms with van der Waals surface area (Å²) in [6.45, 7) is 6.58. The van der Waals surface area contributed by atoms with E-state index in [0.717, 1.165) is 16.0 Å². The number of nitrogens with one attached hydrogen (secondary N) is 1. The molecule has 0 aliphatic heterocycles. The Morgan fingerprint density at radius 3 is 2.86 bits per heavy atom. The molecule has 0 bridgehead atoms. The summed E-state index contributed by atoms with van der Waals surface area (Å²) in [5.74, 6) is 0. The molecule has 4 nitrogen and oxygen atoms in total. The van der Waals surface area contributed by atoms with E-state index in [4.69, 9.17) is 5.26 Å². The van der Waals surface area contributed by atoms with Gasteiger partial charge < -0.3 is 5.32 Å². The van der Waals surface area contributed by atoms with Gasteiger partial charge in [-0.2, -0.15) is 5.26 Å². The minimum absolute atomic E-state index is 0.441. The molecule has 0 amide bonds. The molecule has 0 unspecified atom stereocenters. The van der Waals surface area contributed by atoms with Gasteiger partial charge in [-0.15, -0.1) is 10.2 Å². The molecule has 0 saturated heterocycles. The first-order valence-corrected chi connectivity index (χ1v) is 5.88. The zero-order valence-electron chi connectivity index (χ0n) is 8.37. The van der Waals surface area contributed by atoms with Gasteiger partial charge in [-0.3, -0.25) is 0 Å². The SMILES string of the molecule is CCNc1nnc(SC(C)(C)C#N)s1. The quantitative estimate of drug-likeness (QED) is 0.802. The summed E-state index contributed by atoms with van der Waals surface area (Å²) >= 11 is 2.91. The fourth-order valence-electron chi connectivity index (χ4n) is 0.715. The Kier molecular flexibility index (Phi) is 3.72. The summed E-state index contributed by atoms with van der Waals surface area (Å²) in [4.78, 5) is 0. The van der Waals surface area contributed by atoms with E-state index in [-0.39, 0.29) is 0 Å². The molecule has 1 aromatic heterocycles. The predicted molar refractivity (Wildman–Crippen MR) is 59.6 cm³/mol. The monoisotopic (exact) mass is 228 g/mol. The molecule has 6 heteroatoms. The van der Waals surface area contributed by atoms with Crippen LogP contribution in [0.3, 0.4) is 0 Å². The highest BCUT2D eigenvalue weighted by Crippen LogP contribution is 2.34. The third kappa shape index (κ3) is 3.16. The molecule has 1 aromatic rings. The smallest absolute Gasteiger partial charge is 0.206 e. The van der Waals surface area contributed by atoms with Crippen molar-refractivity contribution in [1.82, 2.24) is 10.2 Å². The molecule has 0 saturated carbocycles. The number of rotatable bonds is 4. The fourth-order valence-corrected chi connectivity index (χ4v) is 2.85. The molecule has 0 spiro atoms. The minimum Gasteiger partial charge on any atom is -0.360 e. The van der Waals surface area contributed by atoms with Gasteiger partial charge in [0.25, 0.3) is 0 Å². The van der Waals surface area contributed by atoms with Gasteiger partial charge in [-0.05, 0) is 20.8 Å². The Bertz CT molecular complexity index is 339. The molecular formula is C8H12N4S2. The molecule has 0 fully saturated rings. The maximum atomic E-state index is 8.84. The van der Waals surface area contributed by atoms with Crippen LogP contribution in [0.15, 0.2) is 4.34 Å². The van der Waals surface area contributed by atoms with E-state index >= 15 is 0 Å². The molecule has 1 N–H and O–H groups in total. The highest BCUT2D eigenvalue weighted by atomic mass is 32.2. The topological polar surface area (TPSA) is 61.6 Å². The Morgan fingerprint density at radius 2 is 2.29 bits per heavy atom. The van der Waals surface area contributed by atoms with Crippen LogP contribution in [0.1, 0.15) is 20.8 Å². The third-order valence-electron chi connectivity index (χ3n) is 1.35. The lowest BCUT2D eigenvalue weighted by atomic mass is 10.2. The Hall–Kier alpha value is -0.800. The minimum atomic E-state index is -0.441. The summed E-state index contributed by atoms with van der Waals surface area (Å²) in [5.41, 5.74) is 0. The van der Waals surface area contributed by atoms with E-state index in [1.807, 2.05) is 20.8 Å². The van der Waals surface area contributed by atoms with Gasteiger partial charge in [0.1, 0.15) is 4.75 Å². The van der Waals surface area contributed by atoms with E-state index < -0.39 is 4.75 Å². The molecule has 1 heterocycles. The first-order valence-electron chi connectivity index (χ1n) is 4.25. The van der Waals surface area contributed by atoms with Crippen LogP contribution in [0.4, 0.5) is 5.13 Å². The summed E-state index contributed by atoms with van der Waals surface area (Å²) < 4.78 is 0.385. The van der Waals surface area contributed by atoms with Crippen molar-refractivity contribution in [3.05, 3.63) is 0 Å². The van der Waals surface area contributed by atoms with Crippen molar-refractivity contribution in [3.8, 4) is 6.07 Å². The summed E-state index contributed by atoms with van der Waals surface area (Å²) in [6.07, 6.45) is 0. The van der Waals surface area contributed by atoms with Crippen LogP contribution in [-0.4, -0.2) is 21.5 Å². The maximum Gasteiger partial charge on any atom is 0.206 e. The van der Waals surface area contributed by atoms with E-state index in [1.165, 1.54) is 23.1 Å². The van der Waals surface area contributed by atoms with Crippen molar-refractivity contribution >= 4 is 28.2 Å². The van der Waals surface area contributed by atoms with Gasteiger partial charge in [0.2, 0.25) is 5.13 Å². The normalized spacial score (nSPS) is 11.0. The van der Waals surface area contributed by atoms with Crippen LogP contribution in [0.2, 0.25) is 0 Å². The van der Waals surface area contributed by atoms with E-state index in [0.29, 0.717) is 0 Å². The fraction of sp³-hybridized carbons (Fsp3) is 0.625. The van der Waals surface area contributed by atoms with Gasteiger partial charge >= 0.3 is 0 Å². The zero-order valence-corrected chi connectivity index (χ0v) is 10.00. The molecular weight excluding hydrogens is 216 g/mol. The second-order valence-electron chi connectivity index (χ2n) is 3.13. The largest absolute Gasteiger partial charge is 0.360 e.